The van der Waals surface area contributed by atoms with Gasteiger partial charge in [0.05, 0.1) is 6.54 Å². The summed E-state index contributed by atoms with van der Waals surface area (Å²) in [5.74, 6) is 0.659. The number of carbonyl (C=O) groups excluding carboxylic acids is 2. The van der Waals surface area contributed by atoms with E-state index in [1.54, 1.807) is 0 Å². The predicted octanol–water partition coefficient (Wildman–Crippen LogP) is 2.39. The Morgan fingerprint density at radius 1 is 1.17 bits per heavy atom. The van der Waals surface area contributed by atoms with Gasteiger partial charge in [-0.25, -0.2) is 4.79 Å². The first-order valence-electron chi connectivity index (χ1n) is 6.03. The smallest absolute Gasteiger partial charge is 0.410 e. The zero-order valence-corrected chi connectivity index (χ0v) is 10.9. The van der Waals surface area contributed by atoms with Crippen molar-refractivity contribution < 1.29 is 14.3 Å². The topological polar surface area (TPSA) is 46.6 Å². The summed E-state index contributed by atoms with van der Waals surface area (Å²) in [6.45, 7) is 6.53. The molecule has 0 N–H and O–H groups in total. The second-order valence-corrected chi connectivity index (χ2v) is 4.78. The van der Waals surface area contributed by atoms with Gasteiger partial charge < -0.3 is 9.64 Å². The highest BCUT2D eigenvalue weighted by molar-refractivity contribution is 5.87. The summed E-state index contributed by atoms with van der Waals surface area (Å²) in [4.78, 5) is 24.4. The van der Waals surface area contributed by atoms with Crippen molar-refractivity contribution in [2.45, 2.75) is 27.2 Å². The maximum Gasteiger partial charge on any atom is 0.415 e. The van der Waals surface area contributed by atoms with E-state index in [4.69, 9.17) is 4.74 Å². The predicted molar refractivity (Wildman–Crippen MR) is 67.9 cm³/mol. The molecule has 4 heteroatoms. The van der Waals surface area contributed by atoms with Crippen LogP contribution < -0.4 is 4.74 Å². The standard InChI is InChI=1S/C14H17NO3/c1-9-6-11(3)13(7-10(9)2)18-14(17)15-5-4-12(16)8-15/h6-7H,4-5,8H2,1-3H3. The molecule has 4 nitrogen and oxygen atoms in total. The van der Waals surface area contributed by atoms with Crippen molar-refractivity contribution in [3.8, 4) is 5.75 Å². The fraction of sp³-hybridized carbons (Fsp3) is 0.429. The number of hydrogen-bond acceptors (Lipinski definition) is 3. The van der Waals surface area contributed by atoms with Crippen LogP contribution in [-0.2, 0) is 4.79 Å². The van der Waals surface area contributed by atoms with Crippen molar-refractivity contribution in [1.82, 2.24) is 4.90 Å². The first kappa shape index (κ1) is 12.6. The molecule has 1 heterocycles. The van der Waals surface area contributed by atoms with Gasteiger partial charge in [0.15, 0.2) is 5.78 Å². The van der Waals surface area contributed by atoms with Crippen LogP contribution in [0.1, 0.15) is 23.1 Å². The van der Waals surface area contributed by atoms with Gasteiger partial charge >= 0.3 is 6.09 Å². The number of likely N-dealkylation sites (tertiary alicyclic amines) is 1. The zero-order valence-electron chi connectivity index (χ0n) is 10.9. The maximum atomic E-state index is 11.9. The summed E-state index contributed by atoms with van der Waals surface area (Å²) in [6, 6.07) is 3.85. The minimum Gasteiger partial charge on any atom is -0.410 e. The second kappa shape index (κ2) is 4.80. The zero-order chi connectivity index (χ0) is 13.3. The number of Topliss-reactive ketones (excluding diaryl/α,β-unsaturated/α-hetero) is 1. The van der Waals surface area contributed by atoms with Gasteiger partial charge in [-0.2, -0.15) is 0 Å². The summed E-state index contributed by atoms with van der Waals surface area (Å²) in [6.07, 6.45) is -0.00622. The molecule has 0 aromatic heterocycles. The van der Waals surface area contributed by atoms with Crippen molar-refractivity contribution in [2.75, 3.05) is 13.1 Å². The average molecular weight is 247 g/mol. The van der Waals surface area contributed by atoms with Crippen LogP contribution in [0.2, 0.25) is 0 Å². The molecule has 96 valence electrons. The highest BCUT2D eigenvalue weighted by Gasteiger charge is 2.25. The minimum atomic E-state index is -0.438. The Hall–Kier alpha value is -1.84. The molecule has 18 heavy (non-hydrogen) atoms. The lowest BCUT2D eigenvalue weighted by molar-refractivity contribution is -0.116. The Labute approximate surface area is 107 Å². The quantitative estimate of drug-likeness (QED) is 0.765. The van der Waals surface area contributed by atoms with Crippen LogP contribution in [-0.4, -0.2) is 29.9 Å². The summed E-state index contributed by atoms with van der Waals surface area (Å²) >= 11 is 0. The Balaban J connectivity index is 2.12. The first-order chi connectivity index (χ1) is 8.47. The second-order valence-electron chi connectivity index (χ2n) is 4.78. The maximum absolute atomic E-state index is 11.9. The third-order valence-electron chi connectivity index (χ3n) is 3.27. The highest BCUT2D eigenvalue weighted by Crippen LogP contribution is 2.23. The lowest BCUT2D eigenvalue weighted by Gasteiger charge is -2.16. The number of ether oxygens (including phenoxy) is 1. The lowest BCUT2D eigenvalue weighted by atomic mass is 10.1. The molecule has 1 saturated heterocycles. The number of hydrogen-bond donors (Lipinski definition) is 0. The normalized spacial score (nSPS) is 15.1. The van der Waals surface area contributed by atoms with Crippen LogP contribution in [0, 0.1) is 20.8 Å². The molecule has 1 aromatic carbocycles. The number of benzene rings is 1. The molecule has 1 fully saturated rings. The van der Waals surface area contributed by atoms with Crippen molar-refractivity contribution in [3.63, 3.8) is 0 Å². The van der Waals surface area contributed by atoms with E-state index in [-0.39, 0.29) is 12.3 Å². The number of ketones is 1. The molecule has 0 unspecified atom stereocenters. The third kappa shape index (κ3) is 2.53. The molecule has 1 aliphatic heterocycles. The number of aryl methyl sites for hydroxylation is 3. The Morgan fingerprint density at radius 3 is 2.44 bits per heavy atom. The third-order valence-corrected chi connectivity index (χ3v) is 3.27. The van der Waals surface area contributed by atoms with E-state index < -0.39 is 6.09 Å². The van der Waals surface area contributed by atoms with Crippen molar-refractivity contribution >= 4 is 11.9 Å². The largest absolute Gasteiger partial charge is 0.415 e. The number of nitrogens with zero attached hydrogens (tertiary/aromatic N) is 1. The van der Waals surface area contributed by atoms with Crippen LogP contribution in [0.25, 0.3) is 0 Å². The van der Waals surface area contributed by atoms with Gasteiger partial charge in [0.1, 0.15) is 5.75 Å². The molecule has 0 saturated carbocycles. The lowest BCUT2D eigenvalue weighted by Crippen LogP contribution is -2.31. The molecule has 0 atom stereocenters. The molecule has 0 aliphatic carbocycles. The van der Waals surface area contributed by atoms with Gasteiger partial charge in [0, 0.05) is 13.0 Å². The Kier molecular flexibility index (Phi) is 3.36. The van der Waals surface area contributed by atoms with Gasteiger partial charge in [-0.1, -0.05) is 6.07 Å². The molecule has 0 spiro atoms. The Bertz CT molecular complexity index is 508. The van der Waals surface area contributed by atoms with Crippen LogP contribution in [0.15, 0.2) is 12.1 Å². The van der Waals surface area contributed by atoms with E-state index in [9.17, 15) is 9.59 Å². The molecule has 1 aromatic rings. The molecule has 0 bridgehead atoms. The van der Waals surface area contributed by atoms with Gasteiger partial charge in [-0.05, 0) is 43.5 Å². The summed E-state index contributed by atoms with van der Waals surface area (Å²) in [5.41, 5.74) is 3.18. The van der Waals surface area contributed by atoms with E-state index in [2.05, 4.69) is 0 Å². The summed E-state index contributed by atoms with van der Waals surface area (Å²) in [7, 11) is 0. The Morgan fingerprint density at radius 2 is 1.83 bits per heavy atom. The fourth-order valence-electron chi connectivity index (χ4n) is 1.99. The SMILES string of the molecule is Cc1cc(C)c(OC(=O)N2CCC(=O)C2)cc1C. The van der Waals surface area contributed by atoms with Gasteiger partial charge in [0.2, 0.25) is 0 Å². The van der Waals surface area contributed by atoms with Crippen molar-refractivity contribution in [3.05, 3.63) is 28.8 Å². The van der Waals surface area contributed by atoms with Gasteiger partial charge in [0.25, 0.3) is 0 Å². The van der Waals surface area contributed by atoms with Gasteiger partial charge in [-0.15, -0.1) is 0 Å². The number of amides is 1. The molecular weight excluding hydrogens is 230 g/mol. The van der Waals surface area contributed by atoms with E-state index >= 15 is 0 Å². The first-order valence-corrected chi connectivity index (χ1v) is 6.03. The number of carbonyl (C=O) groups is 2. The van der Waals surface area contributed by atoms with E-state index in [1.807, 2.05) is 32.9 Å². The molecule has 2 rings (SSSR count). The monoisotopic (exact) mass is 247 g/mol. The minimum absolute atomic E-state index is 0.0868. The molecule has 0 radical (unpaired) electrons. The van der Waals surface area contributed by atoms with Gasteiger partial charge in [-0.3, -0.25) is 4.79 Å². The van der Waals surface area contributed by atoms with Crippen molar-refractivity contribution in [1.29, 1.82) is 0 Å². The highest BCUT2D eigenvalue weighted by atomic mass is 16.6. The summed E-state index contributed by atoms with van der Waals surface area (Å²) in [5, 5.41) is 0. The van der Waals surface area contributed by atoms with Crippen LogP contribution in [0.4, 0.5) is 4.79 Å². The average Bonchev–Trinajstić information content (AvgIpc) is 2.73. The van der Waals surface area contributed by atoms with Crippen LogP contribution in [0.5, 0.6) is 5.75 Å². The fourth-order valence-corrected chi connectivity index (χ4v) is 1.99. The van der Waals surface area contributed by atoms with Crippen LogP contribution in [0.3, 0.4) is 0 Å². The molecular formula is C14H17NO3. The molecule has 1 aliphatic rings. The van der Waals surface area contributed by atoms with Crippen LogP contribution >= 0.6 is 0 Å². The van der Waals surface area contributed by atoms with E-state index in [0.29, 0.717) is 18.7 Å². The molecule has 1 amide bonds. The van der Waals surface area contributed by atoms with Crippen molar-refractivity contribution in [2.24, 2.45) is 0 Å². The van der Waals surface area contributed by atoms with E-state index in [0.717, 1.165) is 11.1 Å². The number of rotatable bonds is 1. The van der Waals surface area contributed by atoms with E-state index in [1.165, 1.54) is 10.5 Å². The summed E-state index contributed by atoms with van der Waals surface area (Å²) < 4.78 is 5.35.